The summed E-state index contributed by atoms with van der Waals surface area (Å²) in [6, 6.07) is 1.49. The summed E-state index contributed by atoms with van der Waals surface area (Å²) in [5, 5.41) is 0. The lowest BCUT2D eigenvalue weighted by molar-refractivity contribution is -0.0601. The zero-order valence-corrected chi connectivity index (χ0v) is 21.2. The van der Waals surface area contributed by atoms with Crippen LogP contribution in [0.2, 0.25) is 0 Å². The molecule has 0 aromatic rings. The summed E-state index contributed by atoms with van der Waals surface area (Å²) in [6.07, 6.45) is 27.1. The molecule has 0 radical (unpaired) electrons. The Hall–Kier alpha value is -0.730. The van der Waals surface area contributed by atoms with E-state index >= 15 is 0 Å². The normalized spacial score (nSPS) is 43.4. The summed E-state index contributed by atoms with van der Waals surface area (Å²) in [4.78, 5) is 11.1. The third-order valence-electron chi connectivity index (χ3n) is 11.8. The van der Waals surface area contributed by atoms with Crippen LogP contribution in [0.1, 0.15) is 116 Å². The van der Waals surface area contributed by atoms with Crippen LogP contribution in [-0.2, 0) is 0 Å². The van der Waals surface area contributed by atoms with Gasteiger partial charge in [0, 0.05) is 13.1 Å². The molecular formula is C30H49N3. The van der Waals surface area contributed by atoms with Gasteiger partial charge in [0.15, 0.2) is 5.96 Å². The summed E-state index contributed by atoms with van der Waals surface area (Å²) in [5.74, 6) is 6.62. The van der Waals surface area contributed by atoms with Crippen molar-refractivity contribution in [3.63, 3.8) is 0 Å². The van der Waals surface area contributed by atoms with E-state index in [2.05, 4.69) is 9.80 Å². The number of guanidine groups is 1. The van der Waals surface area contributed by atoms with Gasteiger partial charge < -0.3 is 9.80 Å². The van der Waals surface area contributed by atoms with Crippen LogP contribution < -0.4 is 0 Å². The Morgan fingerprint density at radius 3 is 2.09 bits per heavy atom. The summed E-state index contributed by atoms with van der Waals surface area (Å²) < 4.78 is 0. The highest BCUT2D eigenvalue weighted by atomic mass is 15.5. The van der Waals surface area contributed by atoms with E-state index in [9.17, 15) is 0 Å². The van der Waals surface area contributed by atoms with Gasteiger partial charge in [-0.05, 0) is 99.2 Å². The van der Waals surface area contributed by atoms with E-state index in [-0.39, 0.29) is 0 Å². The van der Waals surface area contributed by atoms with Crippen molar-refractivity contribution < 1.29 is 0 Å². The number of fused-ring (bicyclic) bond motifs is 1. The highest BCUT2D eigenvalue weighted by Crippen LogP contribution is 2.61. The highest BCUT2D eigenvalue weighted by molar-refractivity contribution is 5.84. The Morgan fingerprint density at radius 2 is 1.42 bits per heavy atom. The summed E-state index contributed by atoms with van der Waals surface area (Å²) in [6.45, 7) is 3.72. The molecule has 2 heterocycles. The minimum atomic E-state index is 0.708. The molecule has 33 heavy (non-hydrogen) atoms. The molecule has 7 fully saturated rings. The van der Waals surface area contributed by atoms with E-state index < -0.39 is 0 Å². The molecular weight excluding hydrogens is 402 g/mol. The summed E-state index contributed by atoms with van der Waals surface area (Å²) in [7, 11) is 0. The fourth-order valence-corrected chi connectivity index (χ4v) is 10.6. The minimum Gasteiger partial charge on any atom is -0.338 e. The SMILES string of the molecule is C1CCC(C[C@@H]2CN=C3N2C[C@H](C2CCCCC2)N3CCC23CC4CC(CC(C4)C2)C3)CC1. The Morgan fingerprint density at radius 1 is 0.788 bits per heavy atom. The number of hydrogen-bond donors (Lipinski definition) is 0. The van der Waals surface area contributed by atoms with Crippen LogP contribution >= 0.6 is 0 Å². The molecule has 0 aromatic heterocycles. The van der Waals surface area contributed by atoms with E-state index in [4.69, 9.17) is 4.99 Å². The van der Waals surface area contributed by atoms with Crippen molar-refractivity contribution in [1.29, 1.82) is 0 Å². The van der Waals surface area contributed by atoms with Crippen molar-refractivity contribution >= 4 is 5.96 Å². The minimum absolute atomic E-state index is 0.708. The zero-order chi connectivity index (χ0) is 21.8. The molecule has 2 aliphatic heterocycles. The molecule has 0 N–H and O–H groups in total. The van der Waals surface area contributed by atoms with Crippen LogP contribution in [0.4, 0.5) is 0 Å². The summed E-state index contributed by atoms with van der Waals surface area (Å²) >= 11 is 0. The van der Waals surface area contributed by atoms with Crippen LogP contribution in [0, 0.1) is 35.0 Å². The Labute approximate surface area is 203 Å². The lowest BCUT2D eigenvalue weighted by Gasteiger charge is -2.57. The quantitative estimate of drug-likeness (QED) is 0.439. The van der Waals surface area contributed by atoms with Gasteiger partial charge in [0.1, 0.15) is 0 Å². The molecule has 0 unspecified atom stereocenters. The average Bonchev–Trinajstić information content (AvgIpc) is 3.38. The molecule has 184 valence electrons. The maximum atomic E-state index is 5.30. The Kier molecular flexibility index (Phi) is 5.70. The number of rotatable bonds is 6. The first kappa shape index (κ1) is 21.5. The predicted molar refractivity (Wildman–Crippen MR) is 136 cm³/mol. The smallest absolute Gasteiger partial charge is 0.197 e. The second kappa shape index (κ2) is 8.74. The third-order valence-corrected chi connectivity index (χ3v) is 11.8. The van der Waals surface area contributed by atoms with E-state index in [1.54, 1.807) is 38.5 Å². The molecule has 4 bridgehead atoms. The van der Waals surface area contributed by atoms with Gasteiger partial charge >= 0.3 is 0 Å². The first-order chi connectivity index (χ1) is 16.2. The lowest BCUT2D eigenvalue weighted by Crippen LogP contribution is -2.48. The van der Waals surface area contributed by atoms with Crippen molar-refractivity contribution in [3.05, 3.63) is 0 Å². The standard InChI is InChI=1S/C30H49N3/c1-3-7-22(8-4-1)16-27-20-31-29-32(28(21-33(27)29)26-9-5-2-6-10-26)12-11-30-17-23-13-24(18-30)15-25(14-23)19-30/h22-28H,1-21H2/t23?,24?,25?,27-,28-,30?/m1/s1. The second-order valence-corrected chi connectivity index (χ2v) is 14.0. The fraction of sp³-hybridized carbons (Fsp3) is 0.967. The van der Waals surface area contributed by atoms with Crippen molar-refractivity contribution in [2.45, 2.75) is 128 Å². The number of nitrogens with zero attached hydrogens (tertiary/aromatic N) is 3. The fourth-order valence-electron chi connectivity index (χ4n) is 10.6. The van der Waals surface area contributed by atoms with Crippen molar-refractivity contribution in [3.8, 4) is 0 Å². The van der Waals surface area contributed by atoms with Crippen LogP contribution in [0.5, 0.6) is 0 Å². The lowest BCUT2D eigenvalue weighted by atomic mass is 9.49. The van der Waals surface area contributed by atoms with E-state index in [1.165, 1.54) is 96.1 Å². The zero-order valence-electron chi connectivity index (χ0n) is 21.2. The van der Waals surface area contributed by atoms with Gasteiger partial charge in [0.2, 0.25) is 0 Å². The van der Waals surface area contributed by atoms with E-state index in [1.807, 2.05) is 0 Å². The van der Waals surface area contributed by atoms with Crippen molar-refractivity contribution in [1.82, 2.24) is 9.80 Å². The van der Waals surface area contributed by atoms with Crippen molar-refractivity contribution in [2.75, 3.05) is 19.6 Å². The second-order valence-electron chi connectivity index (χ2n) is 14.0. The van der Waals surface area contributed by atoms with Gasteiger partial charge in [-0.15, -0.1) is 0 Å². The average molecular weight is 452 g/mol. The van der Waals surface area contributed by atoms with E-state index in [0.29, 0.717) is 5.41 Å². The van der Waals surface area contributed by atoms with Crippen LogP contribution in [0.15, 0.2) is 4.99 Å². The third kappa shape index (κ3) is 4.06. The predicted octanol–water partition coefficient (Wildman–Crippen LogP) is 6.87. The number of aliphatic imine (C=N–C) groups is 1. The van der Waals surface area contributed by atoms with Gasteiger partial charge in [-0.3, -0.25) is 4.99 Å². The first-order valence-corrected chi connectivity index (χ1v) is 15.3. The topological polar surface area (TPSA) is 18.8 Å². The largest absolute Gasteiger partial charge is 0.338 e. The molecule has 8 rings (SSSR count). The van der Waals surface area contributed by atoms with E-state index in [0.717, 1.165) is 48.2 Å². The molecule has 0 amide bonds. The van der Waals surface area contributed by atoms with Crippen molar-refractivity contribution in [2.24, 2.45) is 40.0 Å². The molecule has 1 saturated heterocycles. The van der Waals surface area contributed by atoms with Crippen LogP contribution in [0.25, 0.3) is 0 Å². The molecule has 6 aliphatic carbocycles. The molecule has 0 spiro atoms. The van der Waals surface area contributed by atoms with Gasteiger partial charge in [-0.2, -0.15) is 0 Å². The summed E-state index contributed by atoms with van der Waals surface area (Å²) in [5.41, 5.74) is 0.708. The molecule has 6 saturated carbocycles. The monoisotopic (exact) mass is 451 g/mol. The van der Waals surface area contributed by atoms with Gasteiger partial charge in [-0.1, -0.05) is 51.4 Å². The Bertz CT molecular complexity index is 696. The maximum Gasteiger partial charge on any atom is 0.197 e. The van der Waals surface area contributed by atoms with Gasteiger partial charge in [0.25, 0.3) is 0 Å². The molecule has 2 atom stereocenters. The van der Waals surface area contributed by atoms with Crippen LogP contribution in [-0.4, -0.2) is 47.5 Å². The Balaban J connectivity index is 1.07. The molecule has 0 aromatic carbocycles. The van der Waals surface area contributed by atoms with Gasteiger partial charge in [0.05, 0.1) is 18.6 Å². The van der Waals surface area contributed by atoms with Crippen LogP contribution in [0.3, 0.4) is 0 Å². The molecule has 3 nitrogen and oxygen atoms in total. The maximum absolute atomic E-state index is 5.30. The molecule has 8 aliphatic rings. The van der Waals surface area contributed by atoms with Gasteiger partial charge in [-0.25, -0.2) is 0 Å². The first-order valence-electron chi connectivity index (χ1n) is 15.3. The number of hydrogen-bond acceptors (Lipinski definition) is 3. The highest BCUT2D eigenvalue weighted by Gasteiger charge is 2.52. The molecule has 3 heteroatoms.